The van der Waals surface area contributed by atoms with Gasteiger partial charge in [-0.05, 0) is 36.6 Å². The van der Waals surface area contributed by atoms with Crippen LogP contribution in [0.25, 0.3) is 6.08 Å². The number of furan rings is 1. The molecule has 130 valence electrons. The average Bonchev–Trinajstić information content (AvgIpc) is 3.13. The quantitative estimate of drug-likeness (QED) is 0.542. The number of carboxylic acids is 1. The molecule has 1 aromatic carbocycles. The van der Waals surface area contributed by atoms with Crippen LogP contribution in [-0.2, 0) is 9.59 Å². The minimum Gasteiger partial charge on any atom is -0.550 e. The van der Waals surface area contributed by atoms with Gasteiger partial charge in [-0.3, -0.25) is 9.59 Å². The molecule has 2 aromatic rings. The van der Waals surface area contributed by atoms with Gasteiger partial charge in [0.2, 0.25) is 0 Å². The highest BCUT2D eigenvalue weighted by atomic mass is 16.4. The van der Waals surface area contributed by atoms with Gasteiger partial charge in [-0.25, -0.2) is 0 Å². The summed E-state index contributed by atoms with van der Waals surface area (Å²) in [5.41, 5.74) is 0.753. The SMILES string of the molecule is O=C([O-])CCCNC(=O)/C(=C/c1ccccc1)NC(=O)c1ccco1. The van der Waals surface area contributed by atoms with Gasteiger partial charge in [0.25, 0.3) is 11.8 Å². The van der Waals surface area contributed by atoms with Crippen LogP contribution in [0.4, 0.5) is 0 Å². The molecule has 0 fully saturated rings. The molecular formula is C18H17N2O5-. The number of carboxylic acid groups (broad SMARTS) is 1. The van der Waals surface area contributed by atoms with Crippen molar-refractivity contribution in [2.45, 2.75) is 12.8 Å². The van der Waals surface area contributed by atoms with E-state index < -0.39 is 17.8 Å². The van der Waals surface area contributed by atoms with E-state index in [1.165, 1.54) is 18.4 Å². The lowest BCUT2D eigenvalue weighted by Crippen LogP contribution is -2.35. The van der Waals surface area contributed by atoms with E-state index in [1.54, 1.807) is 30.3 Å². The number of hydrogen-bond acceptors (Lipinski definition) is 5. The summed E-state index contributed by atoms with van der Waals surface area (Å²) in [6.45, 7) is 0.148. The Labute approximate surface area is 144 Å². The summed E-state index contributed by atoms with van der Waals surface area (Å²) in [5, 5.41) is 15.5. The Bertz CT molecular complexity index is 751. The summed E-state index contributed by atoms with van der Waals surface area (Å²) in [6, 6.07) is 12.0. The molecule has 2 amide bonds. The predicted octanol–water partition coefficient (Wildman–Crippen LogP) is 0.697. The first-order valence-corrected chi connectivity index (χ1v) is 7.66. The molecule has 0 aliphatic carbocycles. The lowest BCUT2D eigenvalue weighted by Gasteiger charge is -2.10. The number of amides is 2. The maximum Gasteiger partial charge on any atom is 0.291 e. The van der Waals surface area contributed by atoms with E-state index in [2.05, 4.69) is 10.6 Å². The predicted molar refractivity (Wildman–Crippen MR) is 87.8 cm³/mol. The van der Waals surface area contributed by atoms with Crippen molar-refractivity contribution in [1.82, 2.24) is 10.6 Å². The molecule has 1 aromatic heterocycles. The second kappa shape index (κ2) is 9.07. The number of hydrogen-bond donors (Lipinski definition) is 2. The molecule has 0 unspecified atom stereocenters. The lowest BCUT2D eigenvalue weighted by atomic mass is 10.2. The first-order chi connectivity index (χ1) is 12.1. The number of rotatable bonds is 8. The van der Waals surface area contributed by atoms with Crippen LogP contribution < -0.4 is 15.7 Å². The van der Waals surface area contributed by atoms with Gasteiger partial charge in [0.15, 0.2) is 5.76 Å². The lowest BCUT2D eigenvalue weighted by molar-refractivity contribution is -0.305. The number of aliphatic carboxylic acids is 1. The Balaban J connectivity index is 2.08. The van der Waals surface area contributed by atoms with Gasteiger partial charge in [-0.15, -0.1) is 0 Å². The summed E-state index contributed by atoms with van der Waals surface area (Å²) in [6.07, 6.45) is 2.96. The Morgan fingerprint density at radius 3 is 2.48 bits per heavy atom. The zero-order valence-corrected chi connectivity index (χ0v) is 13.4. The van der Waals surface area contributed by atoms with Crippen molar-refractivity contribution in [1.29, 1.82) is 0 Å². The van der Waals surface area contributed by atoms with E-state index in [1.807, 2.05) is 6.07 Å². The zero-order chi connectivity index (χ0) is 18.1. The maximum atomic E-state index is 12.3. The van der Waals surface area contributed by atoms with Crippen molar-refractivity contribution in [3.8, 4) is 0 Å². The first-order valence-electron chi connectivity index (χ1n) is 7.66. The average molecular weight is 341 g/mol. The molecule has 7 nitrogen and oxygen atoms in total. The zero-order valence-electron chi connectivity index (χ0n) is 13.4. The van der Waals surface area contributed by atoms with Crippen LogP contribution in [0.1, 0.15) is 29.0 Å². The van der Waals surface area contributed by atoms with Crippen LogP contribution in [0, 0.1) is 0 Å². The van der Waals surface area contributed by atoms with Crippen LogP contribution >= 0.6 is 0 Å². The Kier molecular flexibility index (Phi) is 6.53. The highest BCUT2D eigenvalue weighted by Crippen LogP contribution is 2.07. The Morgan fingerprint density at radius 1 is 1.08 bits per heavy atom. The van der Waals surface area contributed by atoms with Gasteiger partial charge in [-0.2, -0.15) is 0 Å². The van der Waals surface area contributed by atoms with E-state index in [4.69, 9.17) is 4.42 Å². The van der Waals surface area contributed by atoms with Crippen LogP contribution in [-0.4, -0.2) is 24.3 Å². The molecule has 0 radical (unpaired) electrons. The van der Waals surface area contributed by atoms with Crippen LogP contribution in [0.2, 0.25) is 0 Å². The molecule has 0 saturated heterocycles. The van der Waals surface area contributed by atoms with Gasteiger partial charge >= 0.3 is 0 Å². The summed E-state index contributed by atoms with van der Waals surface area (Å²) in [7, 11) is 0. The summed E-state index contributed by atoms with van der Waals surface area (Å²) >= 11 is 0. The van der Waals surface area contributed by atoms with Crippen LogP contribution in [0.15, 0.2) is 58.8 Å². The minimum absolute atomic E-state index is 0.0288. The van der Waals surface area contributed by atoms with Crippen molar-refractivity contribution in [2.24, 2.45) is 0 Å². The molecule has 0 aliphatic rings. The fraction of sp³-hybridized carbons (Fsp3) is 0.167. The highest BCUT2D eigenvalue weighted by Gasteiger charge is 2.15. The molecule has 2 N–H and O–H groups in total. The number of nitrogens with one attached hydrogen (secondary N) is 2. The van der Waals surface area contributed by atoms with Gasteiger partial charge < -0.3 is 25.0 Å². The molecule has 0 bridgehead atoms. The molecule has 0 saturated carbocycles. The standard InChI is InChI=1S/C18H18N2O5/c21-16(22)9-4-10-19-17(23)14(12-13-6-2-1-3-7-13)20-18(24)15-8-5-11-25-15/h1-3,5-8,11-12H,4,9-10H2,(H,19,23)(H,20,24)(H,21,22)/p-1/b14-12-. The molecule has 2 rings (SSSR count). The van der Waals surface area contributed by atoms with Crippen molar-refractivity contribution in [2.75, 3.05) is 6.54 Å². The van der Waals surface area contributed by atoms with Gasteiger partial charge in [0.05, 0.1) is 6.26 Å². The third kappa shape index (κ3) is 5.98. The first kappa shape index (κ1) is 18.0. The smallest absolute Gasteiger partial charge is 0.291 e. The highest BCUT2D eigenvalue weighted by molar-refractivity contribution is 6.04. The fourth-order valence-corrected chi connectivity index (χ4v) is 2.00. The van der Waals surface area contributed by atoms with Gasteiger partial charge in [0, 0.05) is 12.5 Å². The van der Waals surface area contributed by atoms with Crippen molar-refractivity contribution >= 4 is 23.9 Å². The number of benzene rings is 1. The maximum absolute atomic E-state index is 12.3. The van der Waals surface area contributed by atoms with Crippen molar-refractivity contribution in [3.05, 3.63) is 65.7 Å². The molecule has 1 heterocycles. The largest absolute Gasteiger partial charge is 0.550 e. The summed E-state index contributed by atoms with van der Waals surface area (Å²) in [5.74, 6) is -2.19. The molecule has 0 aliphatic heterocycles. The monoisotopic (exact) mass is 341 g/mol. The van der Waals surface area contributed by atoms with E-state index in [0.717, 1.165) is 5.56 Å². The number of carbonyl (C=O) groups is 3. The summed E-state index contributed by atoms with van der Waals surface area (Å²) in [4.78, 5) is 34.8. The van der Waals surface area contributed by atoms with E-state index >= 15 is 0 Å². The second-order valence-corrected chi connectivity index (χ2v) is 5.13. The Morgan fingerprint density at radius 2 is 1.84 bits per heavy atom. The molecule has 25 heavy (non-hydrogen) atoms. The van der Waals surface area contributed by atoms with Gasteiger partial charge in [0.1, 0.15) is 5.70 Å². The van der Waals surface area contributed by atoms with Crippen LogP contribution in [0.3, 0.4) is 0 Å². The minimum atomic E-state index is -1.18. The topological polar surface area (TPSA) is 111 Å². The van der Waals surface area contributed by atoms with Crippen LogP contribution in [0.5, 0.6) is 0 Å². The molecular weight excluding hydrogens is 324 g/mol. The van der Waals surface area contributed by atoms with E-state index in [0.29, 0.717) is 0 Å². The van der Waals surface area contributed by atoms with E-state index in [9.17, 15) is 19.5 Å². The molecule has 0 spiro atoms. The van der Waals surface area contributed by atoms with Crippen molar-refractivity contribution in [3.63, 3.8) is 0 Å². The normalized spacial score (nSPS) is 11.0. The fourth-order valence-electron chi connectivity index (χ4n) is 2.00. The van der Waals surface area contributed by atoms with Crippen molar-refractivity contribution < 1.29 is 23.9 Å². The third-order valence-electron chi connectivity index (χ3n) is 3.19. The second-order valence-electron chi connectivity index (χ2n) is 5.13. The number of carbonyl (C=O) groups excluding carboxylic acids is 3. The third-order valence-corrected chi connectivity index (χ3v) is 3.19. The molecule has 7 heteroatoms. The Hall–Kier alpha value is -3.35. The van der Waals surface area contributed by atoms with Gasteiger partial charge in [-0.1, -0.05) is 30.3 Å². The summed E-state index contributed by atoms with van der Waals surface area (Å²) < 4.78 is 5.01. The van der Waals surface area contributed by atoms with E-state index in [-0.39, 0.29) is 30.8 Å². The molecule has 0 atom stereocenters.